The van der Waals surface area contributed by atoms with Crippen molar-refractivity contribution < 1.29 is 14.7 Å². The van der Waals surface area contributed by atoms with Gasteiger partial charge in [-0.1, -0.05) is 12.2 Å². The second-order valence-electron chi connectivity index (χ2n) is 5.93. The molecular formula is C14H21N3O3. The molecule has 6 heteroatoms. The lowest BCUT2D eigenvalue weighted by Crippen LogP contribution is -2.49. The van der Waals surface area contributed by atoms with Gasteiger partial charge in [0.2, 0.25) is 0 Å². The standard InChI is InChI=1S/C14H21N3O3/c18-13(19)9-3-4-10(8-9)15-14(20)16-11-5-7-17-6-1-2-12(11)17/h3-4,9-12H,1-2,5-8H2,(H,18,19)(H2,15,16,20). The monoisotopic (exact) mass is 279 g/mol. The van der Waals surface area contributed by atoms with Crippen molar-refractivity contribution in [3.63, 3.8) is 0 Å². The van der Waals surface area contributed by atoms with E-state index in [9.17, 15) is 9.59 Å². The maximum Gasteiger partial charge on any atom is 0.315 e. The molecule has 1 aliphatic carbocycles. The van der Waals surface area contributed by atoms with Gasteiger partial charge in [-0.3, -0.25) is 9.69 Å². The summed E-state index contributed by atoms with van der Waals surface area (Å²) >= 11 is 0. The lowest BCUT2D eigenvalue weighted by Gasteiger charge is -2.22. The van der Waals surface area contributed by atoms with Crippen LogP contribution in [0.3, 0.4) is 0 Å². The second kappa shape index (κ2) is 5.44. The first kappa shape index (κ1) is 13.4. The van der Waals surface area contributed by atoms with Gasteiger partial charge >= 0.3 is 12.0 Å². The van der Waals surface area contributed by atoms with Crippen molar-refractivity contribution >= 4 is 12.0 Å². The molecule has 20 heavy (non-hydrogen) atoms. The fraction of sp³-hybridized carbons (Fsp3) is 0.714. The van der Waals surface area contributed by atoms with E-state index in [1.165, 1.54) is 6.42 Å². The molecule has 2 aliphatic heterocycles. The lowest BCUT2D eigenvalue weighted by atomic mass is 10.1. The molecule has 0 radical (unpaired) electrons. The number of carbonyl (C=O) groups excluding carboxylic acids is 1. The Hall–Kier alpha value is -1.56. The van der Waals surface area contributed by atoms with Crippen molar-refractivity contribution in [2.24, 2.45) is 5.92 Å². The summed E-state index contributed by atoms with van der Waals surface area (Å²) in [6.45, 7) is 2.22. The average molecular weight is 279 g/mol. The Labute approximate surface area is 118 Å². The summed E-state index contributed by atoms with van der Waals surface area (Å²) in [6, 6.07) is 0.381. The summed E-state index contributed by atoms with van der Waals surface area (Å²) in [5.41, 5.74) is 0. The number of carboxylic acids is 1. The molecule has 3 N–H and O–H groups in total. The van der Waals surface area contributed by atoms with E-state index in [4.69, 9.17) is 5.11 Å². The SMILES string of the molecule is O=C(NC1C=CC(C(=O)O)C1)NC1CCN2CCCC12. The first-order valence-electron chi connectivity index (χ1n) is 7.35. The number of nitrogens with zero attached hydrogens (tertiary/aromatic N) is 1. The highest BCUT2D eigenvalue weighted by molar-refractivity contribution is 5.76. The van der Waals surface area contributed by atoms with E-state index in [0.29, 0.717) is 12.5 Å². The first-order chi connectivity index (χ1) is 9.63. The Morgan fingerprint density at radius 3 is 2.75 bits per heavy atom. The van der Waals surface area contributed by atoms with E-state index >= 15 is 0 Å². The summed E-state index contributed by atoms with van der Waals surface area (Å²) in [5.74, 6) is -1.31. The summed E-state index contributed by atoms with van der Waals surface area (Å²) < 4.78 is 0. The van der Waals surface area contributed by atoms with Crippen molar-refractivity contribution in [3.05, 3.63) is 12.2 Å². The van der Waals surface area contributed by atoms with Gasteiger partial charge in [-0.05, 0) is 32.2 Å². The van der Waals surface area contributed by atoms with Gasteiger partial charge in [0.15, 0.2) is 0 Å². The summed E-state index contributed by atoms with van der Waals surface area (Å²) in [5, 5.41) is 14.8. The van der Waals surface area contributed by atoms with E-state index < -0.39 is 11.9 Å². The minimum atomic E-state index is -0.830. The van der Waals surface area contributed by atoms with Crippen molar-refractivity contribution in [1.29, 1.82) is 0 Å². The smallest absolute Gasteiger partial charge is 0.315 e. The van der Waals surface area contributed by atoms with Crippen LogP contribution in [-0.2, 0) is 4.79 Å². The number of hydrogen-bond acceptors (Lipinski definition) is 3. The van der Waals surface area contributed by atoms with Crippen LogP contribution >= 0.6 is 0 Å². The molecule has 2 heterocycles. The molecule has 0 bridgehead atoms. The molecule has 4 unspecified atom stereocenters. The Morgan fingerprint density at radius 2 is 2.00 bits per heavy atom. The van der Waals surface area contributed by atoms with E-state index in [-0.39, 0.29) is 18.1 Å². The van der Waals surface area contributed by atoms with Crippen molar-refractivity contribution in [3.8, 4) is 0 Å². The molecule has 2 fully saturated rings. The number of rotatable bonds is 3. The van der Waals surface area contributed by atoms with Gasteiger partial charge in [0, 0.05) is 18.6 Å². The largest absolute Gasteiger partial charge is 0.481 e. The maximum absolute atomic E-state index is 12.0. The molecule has 0 aromatic carbocycles. The van der Waals surface area contributed by atoms with E-state index in [1.54, 1.807) is 12.2 Å². The second-order valence-corrected chi connectivity index (χ2v) is 5.93. The zero-order valence-corrected chi connectivity index (χ0v) is 11.4. The van der Waals surface area contributed by atoms with Gasteiger partial charge in [-0.2, -0.15) is 0 Å². The van der Waals surface area contributed by atoms with E-state index in [0.717, 1.165) is 25.9 Å². The number of fused-ring (bicyclic) bond motifs is 1. The van der Waals surface area contributed by atoms with E-state index in [2.05, 4.69) is 15.5 Å². The van der Waals surface area contributed by atoms with Crippen molar-refractivity contribution in [2.75, 3.05) is 13.1 Å². The molecule has 110 valence electrons. The van der Waals surface area contributed by atoms with Crippen LogP contribution in [0.25, 0.3) is 0 Å². The molecular weight excluding hydrogens is 258 g/mol. The predicted octanol–water partition coefficient (Wildman–Crippen LogP) is 0.552. The molecule has 6 nitrogen and oxygen atoms in total. The fourth-order valence-corrected chi connectivity index (χ4v) is 3.62. The fourth-order valence-electron chi connectivity index (χ4n) is 3.62. The quantitative estimate of drug-likeness (QED) is 0.659. The number of carbonyl (C=O) groups is 2. The van der Waals surface area contributed by atoms with Gasteiger partial charge in [-0.15, -0.1) is 0 Å². The third-order valence-corrected chi connectivity index (χ3v) is 4.64. The van der Waals surface area contributed by atoms with Gasteiger partial charge in [0.1, 0.15) is 0 Å². The Bertz CT molecular complexity index is 437. The van der Waals surface area contributed by atoms with Crippen LogP contribution < -0.4 is 10.6 Å². The normalized spacial score (nSPS) is 36.0. The first-order valence-corrected chi connectivity index (χ1v) is 7.35. The minimum absolute atomic E-state index is 0.169. The number of hydrogen-bond donors (Lipinski definition) is 3. The Morgan fingerprint density at radius 1 is 1.15 bits per heavy atom. The van der Waals surface area contributed by atoms with Crippen LogP contribution in [0.5, 0.6) is 0 Å². The van der Waals surface area contributed by atoms with E-state index in [1.807, 2.05) is 0 Å². The van der Waals surface area contributed by atoms with Crippen LogP contribution in [0.2, 0.25) is 0 Å². The number of urea groups is 1. The molecule has 0 saturated carbocycles. The highest BCUT2D eigenvalue weighted by Gasteiger charge is 2.38. The number of nitrogens with one attached hydrogen (secondary N) is 2. The van der Waals surface area contributed by atoms with Crippen molar-refractivity contribution in [2.45, 2.75) is 43.8 Å². The molecule has 0 aromatic heterocycles. The molecule has 3 rings (SSSR count). The van der Waals surface area contributed by atoms with Crippen LogP contribution in [0, 0.1) is 5.92 Å². The van der Waals surface area contributed by atoms with Crippen LogP contribution in [0.1, 0.15) is 25.7 Å². The number of carboxylic acid groups (broad SMARTS) is 1. The zero-order chi connectivity index (χ0) is 14.1. The van der Waals surface area contributed by atoms with Gasteiger partial charge in [0.25, 0.3) is 0 Å². The summed E-state index contributed by atoms with van der Waals surface area (Å²) in [7, 11) is 0. The minimum Gasteiger partial charge on any atom is -0.481 e. The van der Waals surface area contributed by atoms with Gasteiger partial charge in [-0.25, -0.2) is 4.79 Å². The molecule has 0 aromatic rings. The molecule has 0 spiro atoms. The van der Waals surface area contributed by atoms with Gasteiger partial charge < -0.3 is 15.7 Å². The Balaban J connectivity index is 1.46. The number of aliphatic carboxylic acids is 1. The number of amides is 2. The summed E-state index contributed by atoms with van der Waals surface area (Å²) in [4.78, 5) is 25.3. The predicted molar refractivity (Wildman–Crippen MR) is 73.3 cm³/mol. The van der Waals surface area contributed by atoms with Gasteiger partial charge in [0.05, 0.1) is 12.0 Å². The Kier molecular flexibility index (Phi) is 3.65. The molecule has 3 aliphatic rings. The maximum atomic E-state index is 12.0. The molecule has 4 atom stereocenters. The molecule has 2 amide bonds. The average Bonchev–Trinajstić information content (AvgIpc) is 3.07. The highest BCUT2D eigenvalue weighted by Crippen LogP contribution is 2.27. The van der Waals surface area contributed by atoms with Crippen molar-refractivity contribution in [1.82, 2.24) is 15.5 Å². The topological polar surface area (TPSA) is 81.7 Å². The molecule has 2 saturated heterocycles. The third kappa shape index (κ3) is 2.65. The third-order valence-electron chi connectivity index (χ3n) is 4.64. The summed E-state index contributed by atoms with van der Waals surface area (Å²) in [6.07, 6.45) is 7.27. The van der Waals surface area contributed by atoms with Crippen LogP contribution in [-0.4, -0.2) is 53.2 Å². The highest BCUT2D eigenvalue weighted by atomic mass is 16.4. The van der Waals surface area contributed by atoms with Crippen LogP contribution in [0.4, 0.5) is 4.79 Å². The zero-order valence-electron chi connectivity index (χ0n) is 11.4. The lowest BCUT2D eigenvalue weighted by molar-refractivity contribution is -0.140. The van der Waals surface area contributed by atoms with Crippen LogP contribution in [0.15, 0.2) is 12.2 Å².